The van der Waals surface area contributed by atoms with Crippen LogP contribution in [0.3, 0.4) is 0 Å². The molecule has 76 valence electrons. The molecule has 0 saturated carbocycles. The van der Waals surface area contributed by atoms with Crippen LogP contribution in [0.4, 0.5) is 0 Å². The first-order valence-electron chi connectivity index (χ1n) is 4.02. The number of nitrogens with two attached hydrogens (primary N) is 1. The van der Waals surface area contributed by atoms with Crippen LogP contribution in [-0.2, 0) is 11.3 Å². The number of primary amides is 1. The third-order valence-corrected chi connectivity index (χ3v) is 2.09. The van der Waals surface area contributed by atoms with Gasteiger partial charge in [0.15, 0.2) is 5.15 Å². The number of amides is 1. The molecule has 0 fully saturated rings. The first-order valence-corrected chi connectivity index (χ1v) is 4.40. The quantitative estimate of drug-likeness (QED) is 0.772. The molecule has 0 aliphatic rings. The molecule has 1 aromatic rings. The summed E-state index contributed by atoms with van der Waals surface area (Å²) < 4.78 is 1.31. The molecule has 1 atom stereocenters. The van der Waals surface area contributed by atoms with Crippen molar-refractivity contribution in [1.82, 2.24) is 9.55 Å². The van der Waals surface area contributed by atoms with E-state index in [1.54, 1.807) is 6.92 Å². The minimum Gasteiger partial charge on any atom is -0.369 e. The maximum Gasteiger partial charge on any atom is 0.288 e. The Bertz CT molecular complexity index is 402. The lowest BCUT2D eigenvalue weighted by Gasteiger charge is -2.09. The molecular weight excluding hydrogens is 206 g/mol. The molecule has 0 spiro atoms. The van der Waals surface area contributed by atoms with Crippen molar-refractivity contribution in [3.05, 3.63) is 27.9 Å². The van der Waals surface area contributed by atoms with Crippen LogP contribution in [0.15, 0.2) is 17.2 Å². The molecule has 1 rings (SSSR count). The zero-order chi connectivity index (χ0) is 10.7. The second kappa shape index (κ2) is 4.23. The highest BCUT2D eigenvalue weighted by molar-refractivity contribution is 6.29. The van der Waals surface area contributed by atoms with Crippen molar-refractivity contribution in [2.45, 2.75) is 13.5 Å². The Hall–Kier alpha value is -1.36. The van der Waals surface area contributed by atoms with Gasteiger partial charge in [-0.2, -0.15) is 0 Å². The van der Waals surface area contributed by atoms with Crippen LogP contribution in [0.2, 0.25) is 5.15 Å². The van der Waals surface area contributed by atoms with E-state index in [1.165, 1.54) is 17.0 Å². The Morgan fingerprint density at radius 2 is 2.43 bits per heavy atom. The Morgan fingerprint density at radius 3 is 3.00 bits per heavy atom. The van der Waals surface area contributed by atoms with Crippen LogP contribution in [0, 0.1) is 5.92 Å². The molecule has 2 N–H and O–H groups in total. The molecule has 0 bridgehead atoms. The molecule has 1 amide bonds. The molecule has 1 unspecified atom stereocenters. The summed E-state index contributed by atoms with van der Waals surface area (Å²) in [4.78, 5) is 25.7. The highest BCUT2D eigenvalue weighted by atomic mass is 35.5. The van der Waals surface area contributed by atoms with Crippen LogP contribution in [0.5, 0.6) is 0 Å². The van der Waals surface area contributed by atoms with E-state index in [0.29, 0.717) is 0 Å². The van der Waals surface area contributed by atoms with Gasteiger partial charge in [0, 0.05) is 18.9 Å². The Labute approximate surface area is 85.5 Å². The van der Waals surface area contributed by atoms with E-state index >= 15 is 0 Å². The van der Waals surface area contributed by atoms with Crippen LogP contribution < -0.4 is 11.3 Å². The van der Waals surface area contributed by atoms with Gasteiger partial charge in [0.1, 0.15) is 0 Å². The number of halogens is 1. The zero-order valence-corrected chi connectivity index (χ0v) is 8.36. The Kier molecular flexibility index (Phi) is 3.24. The van der Waals surface area contributed by atoms with E-state index in [-0.39, 0.29) is 11.7 Å². The summed E-state index contributed by atoms with van der Waals surface area (Å²) in [7, 11) is 0. The summed E-state index contributed by atoms with van der Waals surface area (Å²) in [5.41, 5.74) is 4.65. The van der Waals surface area contributed by atoms with Gasteiger partial charge in [0.05, 0.1) is 5.92 Å². The third kappa shape index (κ3) is 2.32. The molecule has 0 aliphatic carbocycles. The van der Waals surface area contributed by atoms with Gasteiger partial charge < -0.3 is 10.3 Å². The second-order valence-electron chi connectivity index (χ2n) is 2.98. The molecule has 5 nitrogen and oxygen atoms in total. The number of aromatic nitrogens is 2. The first-order chi connectivity index (χ1) is 6.52. The van der Waals surface area contributed by atoms with Crippen LogP contribution in [-0.4, -0.2) is 15.5 Å². The lowest BCUT2D eigenvalue weighted by atomic mass is 10.2. The van der Waals surface area contributed by atoms with E-state index in [0.717, 1.165) is 0 Å². The van der Waals surface area contributed by atoms with E-state index in [2.05, 4.69) is 4.98 Å². The molecule has 0 saturated heterocycles. The lowest BCUT2D eigenvalue weighted by Crippen LogP contribution is -2.30. The fourth-order valence-corrected chi connectivity index (χ4v) is 1.11. The minimum absolute atomic E-state index is 0.107. The summed E-state index contributed by atoms with van der Waals surface area (Å²) >= 11 is 5.52. The summed E-state index contributed by atoms with van der Waals surface area (Å²) in [5.74, 6) is -0.865. The molecule has 0 aliphatic heterocycles. The Morgan fingerprint density at radius 1 is 1.79 bits per heavy atom. The normalized spacial score (nSPS) is 12.4. The lowest BCUT2D eigenvalue weighted by molar-refractivity contribution is -0.121. The van der Waals surface area contributed by atoms with Crippen molar-refractivity contribution in [1.29, 1.82) is 0 Å². The topological polar surface area (TPSA) is 78.0 Å². The standard InChI is InChI=1S/C8H10ClN3O2/c1-5(7(10)13)4-12-3-2-11-6(9)8(12)14/h2-3,5H,4H2,1H3,(H2,10,13). The molecule has 1 heterocycles. The predicted molar refractivity (Wildman–Crippen MR) is 51.9 cm³/mol. The van der Waals surface area contributed by atoms with Gasteiger partial charge in [0.25, 0.3) is 5.56 Å². The summed E-state index contributed by atoms with van der Waals surface area (Å²) in [6.45, 7) is 1.86. The van der Waals surface area contributed by atoms with Crippen molar-refractivity contribution < 1.29 is 4.79 Å². The van der Waals surface area contributed by atoms with Crippen LogP contribution in [0.25, 0.3) is 0 Å². The molecule has 0 aromatic carbocycles. The average molecular weight is 216 g/mol. The van der Waals surface area contributed by atoms with Gasteiger partial charge >= 0.3 is 0 Å². The number of nitrogens with zero attached hydrogens (tertiary/aromatic N) is 2. The fourth-order valence-electron chi connectivity index (χ4n) is 0.949. The third-order valence-electron chi connectivity index (χ3n) is 1.83. The van der Waals surface area contributed by atoms with Crippen molar-refractivity contribution in [2.24, 2.45) is 11.7 Å². The van der Waals surface area contributed by atoms with E-state index in [1.807, 2.05) is 0 Å². The number of carbonyl (C=O) groups is 1. The summed E-state index contributed by atoms with van der Waals surface area (Å²) in [6, 6.07) is 0. The number of hydrogen-bond acceptors (Lipinski definition) is 3. The van der Waals surface area contributed by atoms with Crippen molar-refractivity contribution >= 4 is 17.5 Å². The molecular formula is C8H10ClN3O2. The maximum atomic E-state index is 11.3. The SMILES string of the molecule is CC(Cn1ccnc(Cl)c1=O)C(N)=O. The van der Waals surface area contributed by atoms with Gasteiger partial charge in [-0.05, 0) is 0 Å². The number of hydrogen-bond donors (Lipinski definition) is 1. The monoisotopic (exact) mass is 215 g/mol. The Balaban J connectivity index is 2.93. The maximum absolute atomic E-state index is 11.3. The number of carbonyl (C=O) groups excluding carboxylic acids is 1. The van der Waals surface area contributed by atoms with E-state index < -0.39 is 17.4 Å². The van der Waals surface area contributed by atoms with Crippen LogP contribution in [0.1, 0.15) is 6.92 Å². The van der Waals surface area contributed by atoms with Crippen molar-refractivity contribution in [3.63, 3.8) is 0 Å². The molecule has 6 heteroatoms. The van der Waals surface area contributed by atoms with Gasteiger partial charge in [0.2, 0.25) is 5.91 Å². The van der Waals surface area contributed by atoms with Crippen molar-refractivity contribution in [3.8, 4) is 0 Å². The van der Waals surface area contributed by atoms with Gasteiger partial charge in [-0.1, -0.05) is 18.5 Å². The average Bonchev–Trinajstić information content (AvgIpc) is 2.12. The predicted octanol–water partition coefficient (Wildman–Crippen LogP) is 0.0181. The minimum atomic E-state index is -0.454. The first kappa shape index (κ1) is 10.7. The molecule has 14 heavy (non-hydrogen) atoms. The zero-order valence-electron chi connectivity index (χ0n) is 7.61. The highest BCUT2D eigenvalue weighted by Gasteiger charge is 2.11. The summed E-state index contributed by atoms with van der Waals surface area (Å²) in [6.07, 6.45) is 2.87. The highest BCUT2D eigenvalue weighted by Crippen LogP contribution is 1.99. The summed E-state index contributed by atoms with van der Waals surface area (Å²) in [5, 5.41) is -0.107. The molecule has 0 radical (unpaired) electrons. The second-order valence-corrected chi connectivity index (χ2v) is 3.34. The largest absolute Gasteiger partial charge is 0.369 e. The number of rotatable bonds is 3. The molecule has 1 aromatic heterocycles. The van der Waals surface area contributed by atoms with E-state index in [4.69, 9.17) is 17.3 Å². The fraction of sp³-hybridized carbons (Fsp3) is 0.375. The van der Waals surface area contributed by atoms with Gasteiger partial charge in [-0.3, -0.25) is 9.59 Å². The van der Waals surface area contributed by atoms with Crippen molar-refractivity contribution in [2.75, 3.05) is 0 Å². The van der Waals surface area contributed by atoms with Crippen LogP contribution >= 0.6 is 11.6 Å². The smallest absolute Gasteiger partial charge is 0.288 e. The van der Waals surface area contributed by atoms with Gasteiger partial charge in [-0.25, -0.2) is 4.98 Å². The van der Waals surface area contributed by atoms with Gasteiger partial charge in [-0.15, -0.1) is 0 Å². The van der Waals surface area contributed by atoms with E-state index in [9.17, 15) is 9.59 Å².